The molecule has 0 radical (unpaired) electrons. The second-order valence-electron chi connectivity index (χ2n) is 3.11. The number of benzene rings is 1. The van der Waals surface area contributed by atoms with Gasteiger partial charge in [0.1, 0.15) is 11.9 Å². The van der Waals surface area contributed by atoms with E-state index in [4.69, 9.17) is 9.47 Å². The summed E-state index contributed by atoms with van der Waals surface area (Å²) in [6.07, 6.45) is -0.572. The molecule has 0 saturated heterocycles. The van der Waals surface area contributed by atoms with Crippen LogP contribution >= 0.6 is 15.9 Å². The highest BCUT2D eigenvalue weighted by molar-refractivity contribution is 9.10. The predicted octanol–water partition coefficient (Wildman–Crippen LogP) is 2.73. The van der Waals surface area contributed by atoms with Crippen molar-refractivity contribution in [3.05, 3.63) is 28.2 Å². The smallest absolute Gasteiger partial charge is 0.163 e. The number of ketones is 1. The minimum Gasteiger partial charge on any atom is -0.496 e. The van der Waals surface area contributed by atoms with Crippen molar-refractivity contribution >= 4 is 21.7 Å². The molecule has 0 aliphatic carbocycles. The number of halogens is 1. The van der Waals surface area contributed by atoms with Gasteiger partial charge >= 0.3 is 0 Å². The summed E-state index contributed by atoms with van der Waals surface area (Å²) >= 11 is 3.35. The van der Waals surface area contributed by atoms with Gasteiger partial charge in [0.05, 0.1) is 7.11 Å². The molecule has 1 unspecified atom stereocenters. The summed E-state index contributed by atoms with van der Waals surface area (Å²) in [6.45, 7) is 1.49. The van der Waals surface area contributed by atoms with Gasteiger partial charge in [-0.05, 0) is 25.1 Å². The van der Waals surface area contributed by atoms with E-state index in [-0.39, 0.29) is 5.78 Å². The normalized spacial score (nSPS) is 12.3. The van der Waals surface area contributed by atoms with Crippen LogP contribution in [0.5, 0.6) is 5.75 Å². The van der Waals surface area contributed by atoms with E-state index in [2.05, 4.69) is 15.9 Å². The van der Waals surface area contributed by atoms with E-state index in [1.807, 2.05) is 12.1 Å². The molecule has 1 rings (SSSR count). The van der Waals surface area contributed by atoms with Crippen LogP contribution in [0.3, 0.4) is 0 Å². The average molecular weight is 273 g/mol. The van der Waals surface area contributed by atoms with Crippen LogP contribution in [0.1, 0.15) is 18.6 Å². The van der Waals surface area contributed by atoms with Gasteiger partial charge in [0.2, 0.25) is 0 Å². The first-order chi connectivity index (χ1) is 7.10. The van der Waals surface area contributed by atoms with Crippen molar-refractivity contribution in [2.45, 2.75) is 13.0 Å². The van der Waals surface area contributed by atoms with Gasteiger partial charge in [-0.25, -0.2) is 0 Å². The van der Waals surface area contributed by atoms with E-state index in [0.29, 0.717) is 5.75 Å². The fourth-order valence-corrected chi connectivity index (χ4v) is 1.80. The largest absolute Gasteiger partial charge is 0.496 e. The Kier molecular flexibility index (Phi) is 4.29. The molecule has 3 nitrogen and oxygen atoms in total. The first-order valence-corrected chi connectivity index (χ1v) is 5.26. The summed E-state index contributed by atoms with van der Waals surface area (Å²) in [6, 6.07) is 5.48. The average Bonchev–Trinajstić information content (AvgIpc) is 2.18. The lowest BCUT2D eigenvalue weighted by molar-refractivity contribution is -0.127. The molecular formula is C11H13BrO3. The molecule has 0 aliphatic rings. The van der Waals surface area contributed by atoms with Gasteiger partial charge in [-0.15, -0.1) is 0 Å². The molecule has 0 saturated carbocycles. The monoisotopic (exact) mass is 272 g/mol. The number of carbonyl (C=O) groups is 1. The Morgan fingerprint density at radius 1 is 1.40 bits per heavy atom. The summed E-state index contributed by atoms with van der Waals surface area (Å²) < 4.78 is 11.2. The summed E-state index contributed by atoms with van der Waals surface area (Å²) in [5.74, 6) is 0.606. The van der Waals surface area contributed by atoms with Crippen molar-refractivity contribution in [3.8, 4) is 5.75 Å². The number of hydrogen-bond donors (Lipinski definition) is 0. The molecule has 0 amide bonds. The number of methoxy groups -OCH3 is 2. The van der Waals surface area contributed by atoms with Gasteiger partial charge in [0.25, 0.3) is 0 Å². The van der Waals surface area contributed by atoms with Crippen molar-refractivity contribution < 1.29 is 14.3 Å². The van der Waals surface area contributed by atoms with Gasteiger partial charge in [0.15, 0.2) is 5.78 Å². The van der Waals surface area contributed by atoms with Gasteiger partial charge < -0.3 is 9.47 Å². The van der Waals surface area contributed by atoms with Crippen molar-refractivity contribution in [3.63, 3.8) is 0 Å². The van der Waals surface area contributed by atoms with Crippen molar-refractivity contribution in [1.82, 2.24) is 0 Å². The summed E-state index contributed by atoms with van der Waals surface area (Å²) in [5.41, 5.74) is 0.738. The summed E-state index contributed by atoms with van der Waals surface area (Å²) in [7, 11) is 3.08. The van der Waals surface area contributed by atoms with Crippen LogP contribution in [0.15, 0.2) is 22.7 Å². The first-order valence-electron chi connectivity index (χ1n) is 4.46. The minimum atomic E-state index is -0.572. The van der Waals surface area contributed by atoms with E-state index in [1.54, 1.807) is 13.2 Å². The lowest BCUT2D eigenvalue weighted by Gasteiger charge is -2.16. The zero-order chi connectivity index (χ0) is 11.4. The fourth-order valence-electron chi connectivity index (χ4n) is 1.42. The predicted molar refractivity (Wildman–Crippen MR) is 61.1 cm³/mol. The molecule has 15 heavy (non-hydrogen) atoms. The summed E-state index contributed by atoms with van der Waals surface area (Å²) in [5, 5.41) is 0. The molecule has 1 atom stereocenters. The van der Waals surface area contributed by atoms with Crippen LogP contribution in [-0.2, 0) is 9.53 Å². The molecule has 0 spiro atoms. The Hall–Kier alpha value is -0.870. The molecule has 0 aromatic heterocycles. The Morgan fingerprint density at radius 2 is 2.07 bits per heavy atom. The number of hydrogen-bond acceptors (Lipinski definition) is 3. The number of carbonyl (C=O) groups excluding carboxylic acids is 1. The molecule has 0 bridgehead atoms. The van der Waals surface area contributed by atoms with E-state index in [9.17, 15) is 4.79 Å². The molecule has 4 heteroatoms. The third-order valence-corrected chi connectivity index (χ3v) is 2.57. The maximum absolute atomic E-state index is 11.4. The van der Waals surface area contributed by atoms with Crippen molar-refractivity contribution in [1.29, 1.82) is 0 Å². The second kappa shape index (κ2) is 5.28. The molecule has 0 heterocycles. The highest BCUT2D eigenvalue weighted by atomic mass is 79.9. The van der Waals surface area contributed by atoms with Gasteiger partial charge in [-0.1, -0.05) is 15.9 Å². The van der Waals surface area contributed by atoms with Crippen molar-refractivity contribution in [2.24, 2.45) is 0 Å². The van der Waals surface area contributed by atoms with Crippen LogP contribution in [0.2, 0.25) is 0 Å². The van der Waals surface area contributed by atoms with Gasteiger partial charge in [-0.3, -0.25) is 4.79 Å². The molecule has 1 aromatic rings. The molecule has 0 aliphatic heterocycles. The van der Waals surface area contributed by atoms with Crippen LogP contribution in [-0.4, -0.2) is 20.0 Å². The Labute approximate surface area is 97.5 Å². The lowest BCUT2D eigenvalue weighted by atomic mass is 10.1. The highest BCUT2D eigenvalue weighted by Gasteiger charge is 2.20. The van der Waals surface area contributed by atoms with Crippen LogP contribution < -0.4 is 4.74 Å². The molecule has 0 N–H and O–H groups in total. The van der Waals surface area contributed by atoms with Gasteiger partial charge in [0, 0.05) is 17.1 Å². The Balaban J connectivity index is 3.19. The third kappa shape index (κ3) is 2.79. The summed E-state index contributed by atoms with van der Waals surface area (Å²) in [4.78, 5) is 11.4. The zero-order valence-electron chi connectivity index (χ0n) is 8.91. The second-order valence-corrected chi connectivity index (χ2v) is 4.03. The van der Waals surface area contributed by atoms with Gasteiger partial charge in [-0.2, -0.15) is 0 Å². The zero-order valence-corrected chi connectivity index (χ0v) is 10.5. The van der Waals surface area contributed by atoms with Crippen LogP contribution in [0.25, 0.3) is 0 Å². The SMILES string of the molecule is COc1ccc(Br)cc1C(OC)C(C)=O. The Bertz CT molecular complexity index is 363. The fraction of sp³-hybridized carbons (Fsp3) is 0.364. The minimum absolute atomic E-state index is 0.0473. The molecule has 0 fully saturated rings. The van der Waals surface area contributed by atoms with Crippen molar-refractivity contribution in [2.75, 3.05) is 14.2 Å². The number of Topliss-reactive ketones (excluding diaryl/α,β-unsaturated/α-hetero) is 1. The topological polar surface area (TPSA) is 35.5 Å². The van der Waals surface area contributed by atoms with Crippen LogP contribution in [0.4, 0.5) is 0 Å². The first kappa shape index (κ1) is 12.2. The highest BCUT2D eigenvalue weighted by Crippen LogP contribution is 2.30. The lowest BCUT2D eigenvalue weighted by Crippen LogP contribution is -2.12. The third-order valence-electron chi connectivity index (χ3n) is 2.08. The maximum Gasteiger partial charge on any atom is 0.163 e. The molecular weight excluding hydrogens is 260 g/mol. The number of ether oxygens (including phenoxy) is 2. The Morgan fingerprint density at radius 3 is 2.53 bits per heavy atom. The van der Waals surface area contributed by atoms with E-state index in [0.717, 1.165) is 10.0 Å². The standard InChI is InChI=1S/C11H13BrO3/c1-7(13)11(15-3)9-6-8(12)4-5-10(9)14-2/h4-6,11H,1-3H3. The quantitative estimate of drug-likeness (QED) is 0.846. The molecule has 1 aromatic carbocycles. The molecule has 82 valence electrons. The van der Waals surface area contributed by atoms with Crippen LogP contribution in [0, 0.1) is 0 Å². The maximum atomic E-state index is 11.4. The van der Waals surface area contributed by atoms with E-state index in [1.165, 1.54) is 14.0 Å². The number of rotatable bonds is 4. The van der Waals surface area contributed by atoms with E-state index >= 15 is 0 Å². The van der Waals surface area contributed by atoms with E-state index < -0.39 is 6.10 Å².